The van der Waals surface area contributed by atoms with Crippen LogP contribution in [0.3, 0.4) is 0 Å². The van der Waals surface area contributed by atoms with Crippen molar-refractivity contribution < 1.29 is 17.9 Å². The Morgan fingerprint density at radius 3 is 2.24 bits per heavy atom. The number of amides is 1. The Morgan fingerprint density at radius 2 is 1.67 bits per heavy atom. The number of nitrogens with one attached hydrogen (secondary N) is 2. The molecule has 0 aliphatic heterocycles. The van der Waals surface area contributed by atoms with Gasteiger partial charge in [-0.2, -0.15) is 13.5 Å². The zero-order valence-corrected chi connectivity index (χ0v) is 20.3. The molecule has 2 aromatic carbocycles. The number of fused-ring (bicyclic) bond motifs is 1. The Bertz CT molecular complexity index is 1360. The minimum Gasteiger partial charge on any atom is -0.443 e. The van der Waals surface area contributed by atoms with Crippen LogP contribution in [-0.2, 0) is 21.4 Å². The maximum Gasteiger partial charge on any atom is 0.422 e. The smallest absolute Gasteiger partial charge is 0.422 e. The SMILES string of the molecule is Cc1cc2c(Cc3ccc(N(C)S(=O)(=O)NC(=O)OC(C)(C)C)cc3)n[nH]c(=O)c2cc1C. The third-order valence-corrected chi connectivity index (χ3v) is 6.48. The quantitative estimate of drug-likeness (QED) is 0.587. The Kier molecular flexibility index (Phi) is 6.51. The van der Waals surface area contributed by atoms with Crippen molar-refractivity contribution in [3.8, 4) is 0 Å². The minimum atomic E-state index is -4.14. The highest BCUT2D eigenvalue weighted by molar-refractivity contribution is 7.91. The third-order valence-electron chi connectivity index (χ3n) is 5.13. The molecule has 0 saturated heterocycles. The minimum absolute atomic E-state index is 0.239. The van der Waals surface area contributed by atoms with Gasteiger partial charge >= 0.3 is 16.3 Å². The number of carbonyl (C=O) groups is 1. The second kappa shape index (κ2) is 8.86. The summed E-state index contributed by atoms with van der Waals surface area (Å²) in [5.74, 6) is 0. The Balaban J connectivity index is 1.81. The molecule has 33 heavy (non-hydrogen) atoms. The first kappa shape index (κ1) is 24.2. The van der Waals surface area contributed by atoms with Crippen LogP contribution < -0.4 is 14.6 Å². The van der Waals surface area contributed by atoms with Crippen LogP contribution >= 0.6 is 0 Å². The fourth-order valence-electron chi connectivity index (χ4n) is 3.24. The number of H-pyrrole nitrogens is 1. The normalized spacial score (nSPS) is 11.9. The summed E-state index contributed by atoms with van der Waals surface area (Å²) in [4.78, 5) is 24.1. The highest BCUT2D eigenvalue weighted by Gasteiger charge is 2.25. The predicted molar refractivity (Wildman–Crippen MR) is 128 cm³/mol. The predicted octanol–water partition coefficient (Wildman–Crippen LogP) is 3.34. The van der Waals surface area contributed by atoms with Crippen molar-refractivity contribution in [2.75, 3.05) is 11.4 Å². The fraction of sp³-hybridized carbons (Fsp3) is 0.348. The number of nitrogens with zero attached hydrogens (tertiary/aromatic N) is 2. The van der Waals surface area contributed by atoms with Gasteiger partial charge in [-0.1, -0.05) is 12.1 Å². The number of ether oxygens (including phenoxy) is 1. The standard InChI is InChI=1S/C23H28N4O5S/c1-14-11-18-19(12-15(14)2)21(28)25-24-20(18)13-16-7-9-17(10-8-16)27(6)33(30,31)26-22(29)32-23(3,4)5/h7-12H,13H2,1-6H3,(H,25,28)(H,26,29). The molecule has 0 spiro atoms. The lowest BCUT2D eigenvalue weighted by Crippen LogP contribution is -2.43. The van der Waals surface area contributed by atoms with Gasteiger partial charge in [-0.15, -0.1) is 0 Å². The van der Waals surface area contributed by atoms with Crippen molar-refractivity contribution in [2.45, 2.75) is 46.6 Å². The maximum atomic E-state index is 12.5. The first-order valence-electron chi connectivity index (χ1n) is 10.3. The van der Waals surface area contributed by atoms with E-state index in [4.69, 9.17) is 4.74 Å². The molecule has 0 aliphatic rings. The van der Waals surface area contributed by atoms with Crippen LogP contribution in [0, 0.1) is 13.8 Å². The summed E-state index contributed by atoms with van der Waals surface area (Å²) >= 11 is 0. The van der Waals surface area contributed by atoms with Crippen LogP contribution in [-0.4, -0.2) is 37.4 Å². The monoisotopic (exact) mass is 472 g/mol. The van der Waals surface area contributed by atoms with Gasteiger partial charge in [0.25, 0.3) is 5.56 Å². The lowest BCUT2D eigenvalue weighted by atomic mass is 10.00. The van der Waals surface area contributed by atoms with Gasteiger partial charge in [0, 0.05) is 18.9 Å². The third kappa shape index (κ3) is 5.70. The summed E-state index contributed by atoms with van der Waals surface area (Å²) < 4.78 is 32.9. The first-order chi connectivity index (χ1) is 15.3. The molecule has 0 bridgehead atoms. The van der Waals surface area contributed by atoms with E-state index in [1.165, 1.54) is 7.05 Å². The molecule has 1 heterocycles. The molecule has 3 aromatic rings. The zero-order chi connectivity index (χ0) is 24.6. The highest BCUT2D eigenvalue weighted by Crippen LogP contribution is 2.22. The number of hydrogen-bond donors (Lipinski definition) is 2. The second-order valence-corrected chi connectivity index (χ2v) is 10.6. The topological polar surface area (TPSA) is 121 Å². The number of rotatable bonds is 5. The molecule has 0 saturated carbocycles. The second-order valence-electron chi connectivity index (χ2n) is 8.90. The van der Waals surface area contributed by atoms with Crippen molar-refractivity contribution in [3.05, 3.63) is 69.1 Å². The summed E-state index contributed by atoms with van der Waals surface area (Å²) in [6.45, 7) is 8.87. The van der Waals surface area contributed by atoms with Crippen molar-refractivity contribution in [1.29, 1.82) is 0 Å². The lowest BCUT2D eigenvalue weighted by molar-refractivity contribution is 0.0570. The van der Waals surface area contributed by atoms with E-state index in [0.29, 0.717) is 23.2 Å². The average Bonchev–Trinajstić information content (AvgIpc) is 2.70. The van der Waals surface area contributed by atoms with Gasteiger partial charge in [0.2, 0.25) is 0 Å². The lowest BCUT2D eigenvalue weighted by Gasteiger charge is -2.23. The van der Waals surface area contributed by atoms with Gasteiger partial charge in [-0.25, -0.2) is 14.6 Å². The molecule has 0 radical (unpaired) electrons. The molecule has 1 aromatic heterocycles. The number of benzene rings is 2. The Morgan fingerprint density at radius 1 is 1.09 bits per heavy atom. The van der Waals surface area contributed by atoms with Gasteiger partial charge in [0.05, 0.1) is 16.8 Å². The van der Waals surface area contributed by atoms with Gasteiger partial charge in [-0.05, 0) is 75.6 Å². The molecule has 9 nitrogen and oxygen atoms in total. The van der Waals surface area contributed by atoms with Crippen LogP contribution in [0.25, 0.3) is 10.8 Å². The van der Waals surface area contributed by atoms with E-state index in [0.717, 1.165) is 26.4 Å². The number of aromatic amines is 1. The molecule has 176 valence electrons. The number of anilines is 1. The van der Waals surface area contributed by atoms with Crippen LogP contribution in [0.4, 0.5) is 10.5 Å². The van der Waals surface area contributed by atoms with Crippen LogP contribution in [0.5, 0.6) is 0 Å². The van der Waals surface area contributed by atoms with E-state index in [2.05, 4.69) is 10.2 Å². The molecule has 0 aliphatic carbocycles. The largest absolute Gasteiger partial charge is 0.443 e. The average molecular weight is 473 g/mol. The van der Waals surface area contributed by atoms with Crippen LogP contribution in [0.2, 0.25) is 0 Å². The van der Waals surface area contributed by atoms with E-state index in [1.807, 2.05) is 30.7 Å². The van der Waals surface area contributed by atoms with Gasteiger partial charge < -0.3 is 4.74 Å². The van der Waals surface area contributed by atoms with Crippen molar-refractivity contribution >= 4 is 32.8 Å². The van der Waals surface area contributed by atoms with E-state index in [1.54, 1.807) is 45.0 Å². The van der Waals surface area contributed by atoms with Crippen molar-refractivity contribution in [2.24, 2.45) is 0 Å². The Hall–Kier alpha value is -3.40. The molecule has 1 amide bonds. The van der Waals surface area contributed by atoms with Crippen LogP contribution in [0.1, 0.15) is 43.2 Å². The summed E-state index contributed by atoms with van der Waals surface area (Å²) in [6, 6.07) is 10.6. The summed E-state index contributed by atoms with van der Waals surface area (Å²) in [5, 5.41) is 8.14. The van der Waals surface area contributed by atoms with Crippen molar-refractivity contribution in [3.63, 3.8) is 0 Å². The van der Waals surface area contributed by atoms with E-state index in [-0.39, 0.29) is 5.56 Å². The zero-order valence-electron chi connectivity index (χ0n) is 19.5. The van der Waals surface area contributed by atoms with E-state index >= 15 is 0 Å². The molecule has 0 atom stereocenters. The molecular weight excluding hydrogens is 444 g/mol. The number of aryl methyl sites for hydroxylation is 2. The summed E-state index contributed by atoms with van der Waals surface area (Å²) in [5.41, 5.74) is 2.99. The maximum absolute atomic E-state index is 12.5. The first-order valence-corrected chi connectivity index (χ1v) is 11.8. The van der Waals surface area contributed by atoms with Crippen molar-refractivity contribution in [1.82, 2.24) is 14.9 Å². The molecule has 3 rings (SSSR count). The number of carbonyl (C=O) groups excluding carboxylic acids is 1. The fourth-order valence-corrected chi connectivity index (χ4v) is 4.03. The van der Waals surface area contributed by atoms with Gasteiger partial charge in [0.15, 0.2) is 0 Å². The molecule has 10 heteroatoms. The molecule has 0 fully saturated rings. The van der Waals surface area contributed by atoms with Gasteiger partial charge in [-0.3, -0.25) is 9.10 Å². The Labute approximate surface area is 193 Å². The van der Waals surface area contributed by atoms with E-state index in [9.17, 15) is 18.0 Å². The molecular formula is C23H28N4O5S. The number of aromatic nitrogens is 2. The van der Waals surface area contributed by atoms with E-state index < -0.39 is 21.9 Å². The summed E-state index contributed by atoms with van der Waals surface area (Å²) in [7, 11) is -2.81. The van der Waals surface area contributed by atoms with Gasteiger partial charge in [0.1, 0.15) is 5.60 Å². The molecule has 0 unspecified atom stereocenters. The number of hydrogen-bond acceptors (Lipinski definition) is 6. The molecule has 2 N–H and O–H groups in total. The van der Waals surface area contributed by atoms with Crippen LogP contribution in [0.15, 0.2) is 41.2 Å². The highest BCUT2D eigenvalue weighted by atomic mass is 32.2. The summed E-state index contributed by atoms with van der Waals surface area (Å²) in [6.07, 6.45) is -0.601.